The minimum absolute atomic E-state index is 0.186. The van der Waals surface area contributed by atoms with Gasteiger partial charge in [-0.2, -0.15) is 4.98 Å². The van der Waals surface area contributed by atoms with Gasteiger partial charge in [-0.05, 0) is 30.7 Å². The number of hydrogen-bond acceptors (Lipinski definition) is 5. The molecule has 2 rings (SSSR count). The van der Waals surface area contributed by atoms with Crippen molar-refractivity contribution in [3.05, 3.63) is 11.4 Å². The minimum atomic E-state index is 0.186. The number of thiophene rings is 1. The van der Waals surface area contributed by atoms with E-state index in [-0.39, 0.29) is 5.41 Å². The quantitative estimate of drug-likeness (QED) is 0.888. The van der Waals surface area contributed by atoms with E-state index < -0.39 is 0 Å². The molecule has 19 heavy (non-hydrogen) atoms. The van der Waals surface area contributed by atoms with Crippen molar-refractivity contribution in [1.82, 2.24) is 9.97 Å². The normalized spacial score (nSPS) is 13.5. The lowest BCUT2D eigenvalue weighted by molar-refractivity contribution is 0.359. The van der Waals surface area contributed by atoms with Crippen molar-refractivity contribution in [2.45, 2.75) is 40.7 Å². The summed E-state index contributed by atoms with van der Waals surface area (Å²) < 4.78 is 0. The van der Waals surface area contributed by atoms with Gasteiger partial charge >= 0.3 is 0 Å². The van der Waals surface area contributed by atoms with Crippen molar-refractivity contribution in [3.8, 4) is 0 Å². The Morgan fingerprint density at radius 2 is 2.05 bits per heavy atom. The Kier molecular flexibility index (Phi) is 3.94. The zero-order valence-electron chi connectivity index (χ0n) is 12.2. The Hall–Kier alpha value is -1.36. The van der Waals surface area contributed by atoms with Gasteiger partial charge in [-0.1, -0.05) is 20.8 Å². The second-order valence-corrected chi connectivity index (χ2v) is 6.69. The number of nitrogens with one attached hydrogen (secondary N) is 2. The summed E-state index contributed by atoms with van der Waals surface area (Å²) in [6.07, 6.45) is 0. The molecule has 0 fully saturated rings. The first-order valence-corrected chi connectivity index (χ1v) is 7.55. The number of aromatic nitrogens is 2. The molecule has 1 atom stereocenters. The van der Waals surface area contributed by atoms with Crippen LogP contribution >= 0.6 is 11.3 Å². The first-order valence-electron chi connectivity index (χ1n) is 6.67. The first kappa shape index (κ1) is 14.1. The first-order chi connectivity index (χ1) is 8.91. The van der Waals surface area contributed by atoms with Crippen molar-refractivity contribution >= 4 is 33.3 Å². The van der Waals surface area contributed by atoms with Gasteiger partial charge in [0.15, 0.2) is 0 Å². The maximum Gasteiger partial charge on any atom is 0.226 e. The molecule has 2 aromatic heterocycles. The summed E-state index contributed by atoms with van der Waals surface area (Å²) in [5.74, 6) is 1.62. The molecule has 104 valence electrons. The van der Waals surface area contributed by atoms with E-state index in [1.165, 1.54) is 0 Å². The number of anilines is 2. The third-order valence-electron chi connectivity index (χ3n) is 3.31. The second kappa shape index (κ2) is 5.33. The van der Waals surface area contributed by atoms with Gasteiger partial charge in [-0.15, -0.1) is 11.3 Å². The Balaban J connectivity index is 2.37. The van der Waals surface area contributed by atoms with E-state index in [9.17, 15) is 0 Å². The second-order valence-electron chi connectivity index (χ2n) is 5.80. The monoisotopic (exact) mass is 278 g/mol. The van der Waals surface area contributed by atoms with Gasteiger partial charge in [0.1, 0.15) is 10.6 Å². The summed E-state index contributed by atoms with van der Waals surface area (Å²) in [7, 11) is 0. The number of hydrogen-bond donors (Lipinski definition) is 2. The van der Waals surface area contributed by atoms with Gasteiger partial charge < -0.3 is 10.6 Å². The lowest BCUT2D eigenvalue weighted by Crippen LogP contribution is -2.31. The predicted octanol–water partition coefficient (Wildman–Crippen LogP) is 3.97. The summed E-state index contributed by atoms with van der Waals surface area (Å²) in [5.41, 5.74) is 0.186. The average molecular weight is 278 g/mol. The van der Waals surface area contributed by atoms with E-state index in [0.29, 0.717) is 12.0 Å². The smallest absolute Gasteiger partial charge is 0.226 e. The van der Waals surface area contributed by atoms with Crippen LogP contribution in [0.15, 0.2) is 11.4 Å². The standard InChI is InChI=1S/C14H22N4S/c1-6-15-13-17-11(16-9(2)14(3,4)5)10-7-8-19-12(10)18-13/h7-9H,6H2,1-5H3,(H2,15,16,17,18). The molecule has 0 aromatic carbocycles. The van der Waals surface area contributed by atoms with Crippen molar-refractivity contribution < 1.29 is 0 Å². The predicted molar refractivity (Wildman–Crippen MR) is 84.1 cm³/mol. The van der Waals surface area contributed by atoms with Gasteiger partial charge in [0.2, 0.25) is 5.95 Å². The lowest BCUT2D eigenvalue weighted by Gasteiger charge is -2.28. The highest BCUT2D eigenvalue weighted by Gasteiger charge is 2.21. The topological polar surface area (TPSA) is 49.8 Å². The molecule has 0 saturated carbocycles. The van der Waals surface area contributed by atoms with E-state index in [0.717, 1.165) is 22.6 Å². The van der Waals surface area contributed by atoms with Crippen LogP contribution in [-0.2, 0) is 0 Å². The third-order valence-corrected chi connectivity index (χ3v) is 4.12. The summed E-state index contributed by atoms with van der Waals surface area (Å²) in [6.45, 7) is 11.7. The SMILES string of the molecule is CCNc1nc(NC(C)C(C)(C)C)c2ccsc2n1. The van der Waals surface area contributed by atoms with E-state index in [2.05, 4.69) is 59.7 Å². The molecule has 0 aliphatic heterocycles. The summed E-state index contributed by atoms with van der Waals surface area (Å²) in [4.78, 5) is 10.1. The fourth-order valence-electron chi connectivity index (χ4n) is 1.62. The summed E-state index contributed by atoms with van der Waals surface area (Å²) in [6, 6.07) is 2.41. The van der Waals surface area contributed by atoms with Gasteiger partial charge in [-0.25, -0.2) is 4.98 Å². The molecule has 0 bridgehead atoms. The van der Waals surface area contributed by atoms with Crippen LogP contribution in [0.1, 0.15) is 34.6 Å². The minimum Gasteiger partial charge on any atom is -0.366 e. The summed E-state index contributed by atoms with van der Waals surface area (Å²) >= 11 is 1.64. The van der Waals surface area contributed by atoms with E-state index >= 15 is 0 Å². The Morgan fingerprint density at radius 3 is 2.68 bits per heavy atom. The van der Waals surface area contributed by atoms with E-state index in [1.807, 2.05) is 6.92 Å². The Labute approximate surface area is 118 Å². The van der Waals surface area contributed by atoms with Gasteiger partial charge in [0.25, 0.3) is 0 Å². The largest absolute Gasteiger partial charge is 0.366 e. The van der Waals surface area contributed by atoms with Crippen LogP contribution in [0, 0.1) is 5.41 Å². The van der Waals surface area contributed by atoms with Crippen molar-refractivity contribution in [2.24, 2.45) is 5.41 Å². The molecule has 5 heteroatoms. The van der Waals surface area contributed by atoms with Gasteiger partial charge in [-0.3, -0.25) is 0 Å². The van der Waals surface area contributed by atoms with E-state index in [1.54, 1.807) is 11.3 Å². The molecule has 0 radical (unpaired) electrons. The van der Waals surface area contributed by atoms with Gasteiger partial charge in [0, 0.05) is 12.6 Å². The molecule has 2 heterocycles. The highest BCUT2D eigenvalue weighted by atomic mass is 32.1. The van der Waals surface area contributed by atoms with Crippen LogP contribution in [-0.4, -0.2) is 22.6 Å². The molecule has 1 unspecified atom stereocenters. The zero-order chi connectivity index (χ0) is 14.0. The van der Waals surface area contributed by atoms with Crippen LogP contribution in [0.2, 0.25) is 0 Å². The molecule has 0 aliphatic carbocycles. The van der Waals surface area contributed by atoms with Crippen molar-refractivity contribution in [2.75, 3.05) is 17.2 Å². The number of rotatable bonds is 4. The highest BCUT2D eigenvalue weighted by Crippen LogP contribution is 2.29. The Morgan fingerprint density at radius 1 is 1.32 bits per heavy atom. The molecule has 4 nitrogen and oxygen atoms in total. The molecule has 0 aliphatic rings. The third kappa shape index (κ3) is 3.15. The summed E-state index contributed by atoms with van der Waals surface area (Å²) in [5, 5.41) is 9.87. The molecule has 0 amide bonds. The van der Waals surface area contributed by atoms with Crippen molar-refractivity contribution in [1.29, 1.82) is 0 Å². The maximum atomic E-state index is 4.59. The van der Waals surface area contributed by atoms with Crippen LogP contribution < -0.4 is 10.6 Å². The molecular formula is C14H22N4S. The molecule has 2 N–H and O–H groups in total. The fraction of sp³-hybridized carbons (Fsp3) is 0.571. The molecular weight excluding hydrogens is 256 g/mol. The van der Waals surface area contributed by atoms with Crippen LogP contribution in [0.5, 0.6) is 0 Å². The van der Waals surface area contributed by atoms with E-state index in [4.69, 9.17) is 0 Å². The van der Waals surface area contributed by atoms with Crippen LogP contribution in [0.4, 0.5) is 11.8 Å². The number of fused-ring (bicyclic) bond motifs is 1. The van der Waals surface area contributed by atoms with Crippen LogP contribution in [0.25, 0.3) is 10.2 Å². The zero-order valence-corrected chi connectivity index (χ0v) is 13.1. The Bertz CT molecular complexity index is 556. The molecule has 2 aromatic rings. The fourth-order valence-corrected chi connectivity index (χ4v) is 2.39. The molecule has 0 spiro atoms. The molecule has 0 saturated heterocycles. The van der Waals surface area contributed by atoms with Crippen LogP contribution in [0.3, 0.4) is 0 Å². The average Bonchev–Trinajstić information content (AvgIpc) is 2.76. The maximum absolute atomic E-state index is 4.59. The lowest BCUT2D eigenvalue weighted by atomic mass is 9.88. The van der Waals surface area contributed by atoms with Gasteiger partial charge in [0.05, 0.1) is 5.39 Å². The highest BCUT2D eigenvalue weighted by molar-refractivity contribution is 7.16. The van der Waals surface area contributed by atoms with Crippen molar-refractivity contribution in [3.63, 3.8) is 0 Å². The number of nitrogens with zero attached hydrogens (tertiary/aromatic N) is 2.